The highest BCUT2D eigenvalue weighted by Gasteiger charge is 2.13. The van der Waals surface area contributed by atoms with Crippen LogP contribution in [0.1, 0.15) is 22.8 Å². The minimum absolute atomic E-state index is 0.639. The van der Waals surface area contributed by atoms with Crippen molar-refractivity contribution in [3.05, 3.63) is 68.7 Å². The first-order chi connectivity index (χ1) is 8.08. The third-order valence-electron chi connectivity index (χ3n) is 2.70. The second-order valence-corrected chi connectivity index (χ2v) is 5.31. The Kier molecular flexibility index (Phi) is 3.87. The molecule has 0 heterocycles. The fraction of sp³-hybridized carbons (Fsp3) is 0.143. The van der Waals surface area contributed by atoms with Gasteiger partial charge in [0.25, 0.3) is 0 Å². The third-order valence-corrected chi connectivity index (χ3v) is 3.43. The van der Waals surface area contributed by atoms with Crippen LogP contribution in [0, 0.1) is 6.92 Å². The molecule has 0 saturated carbocycles. The zero-order valence-electron chi connectivity index (χ0n) is 9.32. The maximum atomic E-state index is 10.3. The van der Waals surface area contributed by atoms with Crippen molar-refractivity contribution in [2.45, 2.75) is 13.0 Å². The van der Waals surface area contributed by atoms with E-state index in [4.69, 9.17) is 11.6 Å². The molecule has 0 aliphatic carbocycles. The minimum Gasteiger partial charge on any atom is -0.384 e. The van der Waals surface area contributed by atoms with E-state index in [1.807, 2.05) is 49.4 Å². The number of aliphatic hydroxyl groups excluding tert-OH is 1. The molecule has 0 bridgehead atoms. The first kappa shape index (κ1) is 12.6. The Hall–Kier alpha value is -0.830. The Bertz CT molecular complexity index is 539. The summed E-state index contributed by atoms with van der Waals surface area (Å²) in [5.41, 5.74) is 2.72. The quantitative estimate of drug-likeness (QED) is 0.866. The van der Waals surface area contributed by atoms with Gasteiger partial charge in [0, 0.05) is 9.50 Å². The zero-order chi connectivity index (χ0) is 12.4. The lowest BCUT2D eigenvalue weighted by Crippen LogP contribution is -2.01. The van der Waals surface area contributed by atoms with Crippen molar-refractivity contribution < 1.29 is 5.11 Å². The highest BCUT2D eigenvalue weighted by molar-refractivity contribution is 9.10. The van der Waals surface area contributed by atoms with Crippen molar-refractivity contribution in [1.29, 1.82) is 0 Å². The summed E-state index contributed by atoms with van der Waals surface area (Å²) in [6, 6.07) is 13.2. The van der Waals surface area contributed by atoms with E-state index in [1.165, 1.54) is 0 Å². The van der Waals surface area contributed by atoms with E-state index in [0.29, 0.717) is 5.02 Å². The summed E-state index contributed by atoms with van der Waals surface area (Å²) < 4.78 is 0.953. The van der Waals surface area contributed by atoms with Gasteiger partial charge >= 0.3 is 0 Å². The number of benzene rings is 2. The van der Waals surface area contributed by atoms with E-state index in [2.05, 4.69) is 15.9 Å². The van der Waals surface area contributed by atoms with E-state index in [9.17, 15) is 5.11 Å². The molecule has 1 N–H and O–H groups in total. The molecule has 2 rings (SSSR count). The van der Waals surface area contributed by atoms with Crippen molar-refractivity contribution in [1.82, 2.24) is 0 Å². The Balaban J connectivity index is 2.43. The van der Waals surface area contributed by atoms with E-state index < -0.39 is 6.10 Å². The summed E-state index contributed by atoms with van der Waals surface area (Å²) in [6.07, 6.45) is -0.647. The lowest BCUT2D eigenvalue weighted by Gasteiger charge is -2.14. The van der Waals surface area contributed by atoms with Crippen LogP contribution in [-0.2, 0) is 0 Å². The molecule has 0 fully saturated rings. The molecular weight excluding hydrogens is 300 g/mol. The summed E-state index contributed by atoms with van der Waals surface area (Å²) in [5.74, 6) is 0. The normalized spacial score (nSPS) is 12.5. The van der Waals surface area contributed by atoms with E-state index in [1.54, 1.807) is 0 Å². The lowest BCUT2D eigenvalue weighted by molar-refractivity contribution is 0.219. The van der Waals surface area contributed by atoms with Gasteiger partial charge in [-0.05, 0) is 47.9 Å². The molecular formula is C14H12BrClO. The SMILES string of the molecule is Cc1ccc(Cl)cc1[C@@H](O)c1cccc(Br)c1. The van der Waals surface area contributed by atoms with Crippen LogP contribution in [0.15, 0.2) is 46.9 Å². The molecule has 0 amide bonds. The second-order valence-electron chi connectivity index (χ2n) is 3.96. The molecule has 0 aliphatic rings. The number of hydrogen-bond acceptors (Lipinski definition) is 1. The number of hydrogen-bond donors (Lipinski definition) is 1. The fourth-order valence-electron chi connectivity index (χ4n) is 1.76. The zero-order valence-corrected chi connectivity index (χ0v) is 11.7. The molecule has 0 saturated heterocycles. The maximum absolute atomic E-state index is 10.3. The topological polar surface area (TPSA) is 20.2 Å². The van der Waals surface area contributed by atoms with Crippen molar-refractivity contribution in [2.75, 3.05) is 0 Å². The van der Waals surface area contributed by atoms with Crippen molar-refractivity contribution in [3.63, 3.8) is 0 Å². The van der Waals surface area contributed by atoms with Crippen molar-refractivity contribution in [2.24, 2.45) is 0 Å². The fourth-order valence-corrected chi connectivity index (χ4v) is 2.36. The van der Waals surface area contributed by atoms with Crippen LogP contribution in [0.2, 0.25) is 5.02 Å². The second kappa shape index (κ2) is 5.21. The van der Waals surface area contributed by atoms with Gasteiger partial charge in [-0.15, -0.1) is 0 Å². The standard InChI is InChI=1S/C14H12BrClO/c1-9-5-6-12(16)8-13(9)14(17)10-3-2-4-11(15)7-10/h2-8,14,17H,1H3/t14-/m0/s1. The van der Waals surface area contributed by atoms with Crippen molar-refractivity contribution >= 4 is 27.5 Å². The Morgan fingerprint density at radius 3 is 2.65 bits per heavy atom. The lowest BCUT2D eigenvalue weighted by atomic mass is 9.98. The van der Waals surface area contributed by atoms with Gasteiger partial charge in [0.05, 0.1) is 0 Å². The van der Waals surface area contributed by atoms with Crippen LogP contribution >= 0.6 is 27.5 Å². The van der Waals surface area contributed by atoms with Gasteiger partial charge in [0.1, 0.15) is 6.10 Å². The number of aliphatic hydroxyl groups is 1. The van der Waals surface area contributed by atoms with Gasteiger partial charge in [-0.3, -0.25) is 0 Å². The highest BCUT2D eigenvalue weighted by Crippen LogP contribution is 2.28. The van der Waals surface area contributed by atoms with Crippen LogP contribution < -0.4 is 0 Å². The largest absolute Gasteiger partial charge is 0.384 e. The predicted octanol–water partition coefficient (Wildman–Crippen LogP) is 4.49. The van der Waals surface area contributed by atoms with Gasteiger partial charge in [0.15, 0.2) is 0 Å². The minimum atomic E-state index is -0.647. The van der Waals surface area contributed by atoms with Gasteiger partial charge in [-0.1, -0.05) is 45.7 Å². The molecule has 2 aromatic rings. The smallest absolute Gasteiger partial charge is 0.104 e. The molecule has 17 heavy (non-hydrogen) atoms. The van der Waals surface area contributed by atoms with E-state index in [-0.39, 0.29) is 0 Å². The number of aryl methyl sites for hydroxylation is 1. The first-order valence-electron chi connectivity index (χ1n) is 5.27. The summed E-state index contributed by atoms with van der Waals surface area (Å²) in [6.45, 7) is 1.97. The van der Waals surface area contributed by atoms with Crippen LogP contribution in [0.5, 0.6) is 0 Å². The number of rotatable bonds is 2. The first-order valence-corrected chi connectivity index (χ1v) is 6.44. The maximum Gasteiger partial charge on any atom is 0.104 e. The van der Waals surface area contributed by atoms with Crippen LogP contribution in [0.25, 0.3) is 0 Å². The Morgan fingerprint density at radius 1 is 1.18 bits per heavy atom. The summed E-state index contributed by atoms with van der Waals surface area (Å²) >= 11 is 9.36. The summed E-state index contributed by atoms with van der Waals surface area (Å²) in [4.78, 5) is 0. The molecule has 0 unspecified atom stereocenters. The van der Waals surface area contributed by atoms with Gasteiger partial charge < -0.3 is 5.11 Å². The van der Waals surface area contributed by atoms with Crippen molar-refractivity contribution in [3.8, 4) is 0 Å². The Morgan fingerprint density at radius 2 is 1.94 bits per heavy atom. The molecule has 2 aromatic carbocycles. The molecule has 1 atom stereocenters. The van der Waals surface area contributed by atoms with E-state index in [0.717, 1.165) is 21.2 Å². The predicted molar refractivity (Wildman–Crippen MR) is 74.4 cm³/mol. The van der Waals surface area contributed by atoms with Crippen LogP contribution in [-0.4, -0.2) is 5.11 Å². The van der Waals surface area contributed by atoms with Crippen LogP contribution in [0.3, 0.4) is 0 Å². The monoisotopic (exact) mass is 310 g/mol. The third kappa shape index (κ3) is 2.89. The molecule has 1 nitrogen and oxygen atoms in total. The molecule has 88 valence electrons. The highest BCUT2D eigenvalue weighted by atomic mass is 79.9. The van der Waals surface area contributed by atoms with Gasteiger partial charge in [-0.2, -0.15) is 0 Å². The molecule has 0 spiro atoms. The molecule has 3 heteroatoms. The molecule has 0 aromatic heterocycles. The Labute approximate surface area is 114 Å². The average molecular weight is 312 g/mol. The van der Waals surface area contributed by atoms with Gasteiger partial charge in [0.2, 0.25) is 0 Å². The summed E-state index contributed by atoms with van der Waals surface area (Å²) in [7, 11) is 0. The molecule has 0 radical (unpaired) electrons. The van der Waals surface area contributed by atoms with E-state index >= 15 is 0 Å². The number of halogens is 2. The summed E-state index contributed by atoms with van der Waals surface area (Å²) in [5, 5.41) is 11.0. The molecule has 0 aliphatic heterocycles. The van der Waals surface area contributed by atoms with Gasteiger partial charge in [-0.25, -0.2) is 0 Å². The van der Waals surface area contributed by atoms with Crippen LogP contribution in [0.4, 0.5) is 0 Å². The average Bonchev–Trinajstić information content (AvgIpc) is 2.31.